The highest BCUT2D eigenvalue weighted by molar-refractivity contribution is 6.18. The van der Waals surface area contributed by atoms with E-state index in [1.165, 1.54) is 18.9 Å². The molecule has 0 aromatic heterocycles. The normalized spacial score (nSPS) is 35.7. The largest absolute Gasteiger partial charge is 0.507 e. The van der Waals surface area contributed by atoms with Crippen LogP contribution in [0.2, 0.25) is 0 Å². The number of ether oxygens (including phenoxy) is 3. The lowest BCUT2D eigenvalue weighted by Crippen LogP contribution is -2.74. The summed E-state index contributed by atoms with van der Waals surface area (Å²) in [4.78, 5) is 31.1. The number of likely N-dealkylation sites (tertiary alicyclic amines) is 1. The SMILES string of the molecule is CC(C)=CC[C@@]12OC[C@@H]3[C@@H](CN4CCCC4)[C@@H](C=C4C(=O)c5c(O)cc6c(c5O[C@]431)C=CC(C)(C)O6)C2=O. The molecule has 1 aromatic rings. The molecule has 7 aliphatic rings. The molecule has 1 spiro atoms. The molecule has 1 aromatic carbocycles. The van der Waals surface area contributed by atoms with Gasteiger partial charge in [0.15, 0.2) is 22.8 Å². The fourth-order valence-corrected chi connectivity index (χ4v) is 7.79. The van der Waals surface area contributed by atoms with Crippen LogP contribution in [0.15, 0.2) is 35.4 Å². The first kappa shape index (κ1) is 24.2. The number of allylic oxidation sites excluding steroid dienone is 2. The van der Waals surface area contributed by atoms with E-state index in [-0.39, 0.29) is 34.7 Å². The van der Waals surface area contributed by atoms with Crippen molar-refractivity contribution in [1.82, 2.24) is 4.90 Å². The predicted molar refractivity (Wildman–Crippen MR) is 142 cm³/mol. The Hall–Kier alpha value is -2.90. The molecule has 4 aliphatic heterocycles. The van der Waals surface area contributed by atoms with Gasteiger partial charge in [-0.05, 0) is 71.7 Å². The zero-order valence-electron chi connectivity index (χ0n) is 22.5. The van der Waals surface area contributed by atoms with Gasteiger partial charge in [-0.3, -0.25) is 9.59 Å². The van der Waals surface area contributed by atoms with Crippen LogP contribution in [0, 0.1) is 17.8 Å². The Morgan fingerprint density at radius 1 is 1.18 bits per heavy atom. The van der Waals surface area contributed by atoms with Crippen LogP contribution in [0.25, 0.3) is 6.08 Å². The molecule has 8 rings (SSSR count). The van der Waals surface area contributed by atoms with Crippen LogP contribution in [-0.4, -0.2) is 64.6 Å². The van der Waals surface area contributed by atoms with Crippen molar-refractivity contribution in [3.63, 3.8) is 0 Å². The second-order valence-electron chi connectivity index (χ2n) is 12.6. The molecule has 38 heavy (non-hydrogen) atoms. The first-order valence-corrected chi connectivity index (χ1v) is 13.9. The van der Waals surface area contributed by atoms with Gasteiger partial charge in [0.05, 0.1) is 12.2 Å². The van der Waals surface area contributed by atoms with Crippen LogP contribution in [0.4, 0.5) is 0 Å². The van der Waals surface area contributed by atoms with E-state index in [1.807, 2.05) is 52.0 Å². The Morgan fingerprint density at radius 2 is 1.95 bits per heavy atom. The highest BCUT2D eigenvalue weighted by atomic mass is 16.6. The average molecular weight is 518 g/mol. The van der Waals surface area contributed by atoms with Gasteiger partial charge in [-0.15, -0.1) is 0 Å². The van der Waals surface area contributed by atoms with Crippen LogP contribution in [-0.2, 0) is 9.53 Å². The van der Waals surface area contributed by atoms with Crippen LogP contribution >= 0.6 is 0 Å². The number of ketones is 2. The van der Waals surface area contributed by atoms with E-state index >= 15 is 0 Å². The molecule has 7 heteroatoms. The third-order valence-electron chi connectivity index (χ3n) is 9.54. The molecule has 1 N–H and O–H groups in total. The van der Waals surface area contributed by atoms with Gasteiger partial charge in [-0.25, -0.2) is 0 Å². The molecule has 2 saturated heterocycles. The van der Waals surface area contributed by atoms with Crippen molar-refractivity contribution in [2.24, 2.45) is 17.8 Å². The smallest absolute Gasteiger partial charge is 0.200 e. The van der Waals surface area contributed by atoms with Gasteiger partial charge >= 0.3 is 0 Å². The quantitative estimate of drug-likeness (QED) is 0.590. The van der Waals surface area contributed by atoms with E-state index in [0.717, 1.165) is 25.2 Å². The third-order valence-corrected chi connectivity index (χ3v) is 9.54. The van der Waals surface area contributed by atoms with Gasteiger partial charge in [0, 0.05) is 36.4 Å². The molecule has 3 aliphatic carbocycles. The molecule has 0 radical (unpaired) electrons. The number of fused-ring (bicyclic) bond motifs is 3. The number of rotatable bonds is 4. The second kappa shape index (κ2) is 7.82. The number of Topliss-reactive ketones (excluding diaryl/α,β-unsaturated/α-hetero) is 2. The molecule has 5 atom stereocenters. The van der Waals surface area contributed by atoms with E-state index in [1.54, 1.807) is 0 Å². The standard InChI is InChI=1S/C31H35NO6/c1-17(2)7-10-30-28(35)19-13-21-26(34)25-23(33)14-24-18(8-9-29(3,4)37-24)27(25)38-31(21,30)22(16-36-30)20(19)15-32-11-5-6-12-32/h7-9,13-14,19-20,22,33H,5-6,10-12,15-16H2,1-4H3/t19-,20+,22-,30+,31-/m1/s1. The van der Waals surface area contributed by atoms with Crippen LogP contribution in [0.5, 0.6) is 17.2 Å². The molecular formula is C31H35NO6. The number of aromatic hydroxyl groups is 1. The number of nitrogens with zero attached hydrogens (tertiary/aromatic N) is 1. The lowest BCUT2D eigenvalue weighted by molar-refractivity contribution is -0.171. The summed E-state index contributed by atoms with van der Waals surface area (Å²) in [6, 6.07) is 1.51. The average Bonchev–Trinajstić information content (AvgIpc) is 3.45. The zero-order valence-corrected chi connectivity index (χ0v) is 22.5. The first-order valence-electron chi connectivity index (χ1n) is 13.9. The molecule has 4 heterocycles. The summed E-state index contributed by atoms with van der Waals surface area (Å²) in [6.07, 6.45) is 10.4. The molecular weight excluding hydrogens is 482 g/mol. The predicted octanol–water partition coefficient (Wildman–Crippen LogP) is 4.48. The van der Waals surface area contributed by atoms with Crippen molar-refractivity contribution in [1.29, 1.82) is 0 Å². The molecule has 7 nitrogen and oxygen atoms in total. The van der Waals surface area contributed by atoms with E-state index in [2.05, 4.69) is 4.90 Å². The molecule has 0 amide bonds. The Balaban J connectivity index is 1.44. The first-order chi connectivity index (χ1) is 18.1. The monoisotopic (exact) mass is 517 g/mol. The fraction of sp³-hybridized carbons (Fsp3) is 0.548. The van der Waals surface area contributed by atoms with Crippen molar-refractivity contribution in [3.8, 4) is 17.2 Å². The van der Waals surface area contributed by atoms with Crippen molar-refractivity contribution in [2.45, 2.75) is 63.8 Å². The minimum Gasteiger partial charge on any atom is -0.507 e. The van der Waals surface area contributed by atoms with Crippen molar-refractivity contribution >= 4 is 17.6 Å². The van der Waals surface area contributed by atoms with Crippen molar-refractivity contribution in [2.75, 3.05) is 26.2 Å². The number of carbonyl (C=O) groups is 2. The number of hydrogen-bond donors (Lipinski definition) is 1. The summed E-state index contributed by atoms with van der Waals surface area (Å²) >= 11 is 0. The maximum atomic E-state index is 14.4. The number of carbonyl (C=O) groups excluding carboxylic acids is 2. The second-order valence-corrected chi connectivity index (χ2v) is 12.6. The number of benzene rings is 1. The summed E-state index contributed by atoms with van der Waals surface area (Å²) in [5.41, 5.74) is -0.798. The molecule has 0 unspecified atom stereocenters. The Labute approximate surface area is 223 Å². The summed E-state index contributed by atoms with van der Waals surface area (Å²) < 4.78 is 19.7. The minimum atomic E-state index is -1.28. The van der Waals surface area contributed by atoms with E-state index in [4.69, 9.17) is 14.2 Å². The summed E-state index contributed by atoms with van der Waals surface area (Å²) in [5, 5.41) is 11.0. The summed E-state index contributed by atoms with van der Waals surface area (Å²) in [6.45, 7) is 11.1. The lowest BCUT2D eigenvalue weighted by Gasteiger charge is -2.58. The highest BCUT2D eigenvalue weighted by Crippen LogP contribution is 2.66. The zero-order chi connectivity index (χ0) is 26.6. The van der Waals surface area contributed by atoms with Gasteiger partial charge < -0.3 is 24.2 Å². The van der Waals surface area contributed by atoms with E-state index < -0.39 is 22.7 Å². The Bertz CT molecular complexity index is 1360. The number of phenolic OH excluding ortho intramolecular Hbond substituents is 1. The van der Waals surface area contributed by atoms with Crippen molar-refractivity contribution in [3.05, 3.63) is 46.6 Å². The Morgan fingerprint density at radius 3 is 2.68 bits per heavy atom. The molecule has 4 bridgehead atoms. The molecule has 200 valence electrons. The molecule has 3 fully saturated rings. The van der Waals surface area contributed by atoms with Crippen LogP contribution < -0.4 is 9.47 Å². The topological polar surface area (TPSA) is 85.3 Å². The Kier molecular flexibility index (Phi) is 4.98. The minimum absolute atomic E-state index is 0.000103. The van der Waals surface area contributed by atoms with Gasteiger partial charge in [-0.1, -0.05) is 17.7 Å². The van der Waals surface area contributed by atoms with E-state index in [9.17, 15) is 14.7 Å². The maximum Gasteiger partial charge on any atom is 0.200 e. The maximum absolute atomic E-state index is 14.4. The van der Waals surface area contributed by atoms with Crippen LogP contribution in [0.3, 0.4) is 0 Å². The third kappa shape index (κ3) is 2.97. The van der Waals surface area contributed by atoms with Gasteiger partial charge in [-0.2, -0.15) is 0 Å². The highest BCUT2D eigenvalue weighted by Gasteiger charge is 2.79. The lowest BCUT2D eigenvalue weighted by atomic mass is 9.49. The summed E-state index contributed by atoms with van der Waals surface area (Å²) in [7, 11) is 0. The number of phenols is 1. The van der Waals surface area contributed by atoms with Crippen LogP contribution in [0.1, 0.15) is 62.9 Å². The van der Waals surface area contributed by atoms with E-state index in [0.29, 0.717) is 35.7 Å². The summed E-state index contributed by atoms with van der Waals surface area (Å²) in [5.74, 6) is -0.257. The van der Waals surface area contributed by atoms with Gasteiger partial charge in [0.25, 0.3) is 0 Å². The van der Waals surface area contributed by atoms with Crippen molar-refractivity contribution < 1.29 is 28.9 Å². The molecule has 1 saturated carbocycles. The van der Waals surface area contributed by atoms with Gasteiger partial charge in [0.2, 0.25) is 0 Å². The van der Waals surface area contributed by atoms with Gasteiger partial charge in [0.1, 0.15) is 28.4 Å². The number of hydrogen-bond acceptors (Lipinski definition) is 7. The fourth-order valence-electron chi connectivity index (χ4n) is 7.79.